The lowest BCUT2D eigenvalue weighted by Gasteiger charge is -2.14. The van der Waals surface area contributed by atoms with Crippen molar-refractivity contribution in [3.05, 3.63) is 90.4 Å². The van der Waals surface area contributed by atoms with Crippen LogP contribution in [-0.4, -0.2) is 29.7 Å². The van der Waals surface area contributed by atoms with Gasteiger partial charge in [-0.15, -0.1) is 0 Å². The van der Waals surface area contributed by atoms with Crippen molar-refractivity contribution in [2.75, 3.05) is 10.0 Å². The van der Waals surface area contributed by atoms with Crippen LogP contribution in [0.1, 0.15) is 11.3 Å². The van der Waals surface area contributed by atoms with Crippen LogP contribution in [0.4, 0.5) is 24.8 Å². The SMILES string of the molecule is O=S(=O)(Nc1ncccn1)c1ccc(-c2ccc(/C=N/NC(=S)Nc3ccccc3C(F)(F)F)o2)cc1. The quantitative estimate of drug-likeness (QED) is 0.170. The Labute approximate surface area is 214 Å². The predicted molar refractivity (Wildman–Crippen MR) is 135 cm³/mol. The highest BCUT2D eigenvalue weighted by Gasteiger charge is 2.33. The molecule has 0 saturated heterocycles. The molecule has 2 aromatic carbocycles. The maximum absolute atomic E-state index is 13.1. The van der Waals surface area contributed by atoms with Crippen molar-refractivity contribution in [1.29, 1.82) is 0 Å². The lowest BCUT2D eigenvalue weighted by molar-refractivity contribution is -0.136. The first-order valence-corrected chi connectivity index (χ1v) is 12.3. The van der Waals surface area contributed by atoms with Gasteiger partial charge in [0.25, 0.3) is 10.0 Å². The standard InChI is InChI=1S/C23H17F3N6O3S2/c24-23(25,26)18-4-1-2-5-19(18)30-22(36)31-29-14-16-8-11-20(35-16)15-6-9-17(10-7-15)37(33,34)32-21-27-12-3-13-28-21/h1-14H,(H,27,28,32)(H2,30,31,36)/b29-14+. The number of hydrogen-bond donors (Lipinski definition) is 3. The van der Waals surface area contributed by atoms with Crippen LogP contribution in [0, 0.1) is 0 Å². The molecule has 0 radical (unpaired) electrons. The van der Waals surface area contributed by atoms with Crippen LogP contribution in [0.2, 0.25) is 0 Å². The third-order valence-electron chi connectivity index (χ3n) is 4.71. The van der Waals surface area contributed by atoms with Crippen molar-refractivity contribution in [2.45, 2.75) is 11.1 Å². The molecule has 2 heterocycles. The fourth-order valence-electron chi connectivity index (χ4n) is 3.05. The third kappa shape index (κ3) is 6.68. The smallest absolute Gasteiger partial charge is 0.418 e. The fraction of sp³-hybridized carbons (Fsp3) is 0.0435. The zero-order chi connectivity index (χ0) is 26.5. The van der Waals surface area contributed by atoms with E-state index in [4.69, 9.17) is 16.6 Å². The summed E-state index contributed by atoms with van der Waals surface area (Å²) >= 11 is 5.00. The molecule has 4 rings (SSSR count). The average Bonchev–Trinajstić information content (AvgIpc) is 3.33. The number of hydrazone groups is 1. The third-order valence-corrected chi connectivity index (χ3v) is 6.24. The summed E-state index contributed by atoms with van der Waals surface area (Å²) < 4.78 is 72.3. The number of nitrogens with zero attached hydrogens (tertiary/aromatic N) is 3. The largest absolute Gasteiger partial charge is 0.455 e. The number of hydrogen-bond acceptors (Lipinski definition) is 7. The molecule has 9 nitrogen and oxygen atoms in total. The van der Waals surface area contributed by atoms with Gasteiger partial charge in [-0.2, -0.15) is 18.3 Å². The van der Waals surface area contributed by atoms with E-state index < -0.39 is 21.8 Å². The van der Waals surface area contributed by atoms with E-state index in [1.807, 2.05) is 0 Å². The van der Waals surface area contributed by atoms with Gasteiger partial charge in [0.15, 0.2) is 5.11 Å². The molecule has 190 valence electrons. The van der Waals surface area contributed by atoms with Crippen molar-refractivity contribution < 1.29 is 26.0 Å². The lowest BCUT2D eigenvalue weighted by atomic mass is 10.2. The number of anilines is 2. The van der Waals surface area contributed by atoms with Gasteiger partial charge in [-0.1, -0.05) is 12.1 Å². The van der Waals surface area contributed by atoms with E-state index in [-0.39, 0.29) is 21.6 Å². The van der Waals surface area contributed by atoms with Crippen LogP contribution < -0.4 is 15.5 Å². The maximum Gasteiger partial charge on any atom is 0.418 e. The Morgan fingerprint density at radius 3 is 2.38 bits per heavy atom. The minimum Gasteiger partial charge on any atom is -0.455 e. The fourth-order valence-corrected chi connectivity index (χ4v) is 4.17. The summed E-state index contributed by atoms with van der Waals surface area (Å²) in [6.07, 6.45) is -0.422. The first-order valence-electron chi connectivity index (χ1n) is 10.4. The molecule has 0 fully saturated rings. The van der Waals surface area contributed by atoms with E-state index in [1.165, 1.54) is 48.9 Å². The summed E-state index contributed by atoms with van der Waals surface area (Å²) in [6, 6.07) is 15.7. The van der Waals surface area contributed by atoms with E-state index in [0.29, 0.717) is 17.1 Å². The van der Waals surface area contributed by atoms with E-state index in [2.05, 4.69) is 30.5 Å². The van der Waals surface area contributed by atoms with E-state index in [9.17, 15) is 21.6 Å². The number of rotatable bonds is 7. The molecule has 0 unspecified atom stereocenters. The number of nitrogens with one attached hydrogen (secondary N) is 3. The number of thiocarbonyl (C=S) groups is 1. The number of para-hydroxylation sites is 1. The van der Waals surface area contributed by atoms with Gasteiger partial charge in [0.05, 0.1) is 22.4 Å². The topological polar surface area (TPSA) is 122 Å². The minimum absolute atomic E-state index is 0.00866. The molecule has 0 aliphatic rings. The Bertz CT molecular complexity index is 1520. The molecular formula is C23H17F3N6O3S2. The number of furan rings is 1. The van der Waals surface area contributed by atoms with Crippen molar-refractivity contribution in [1.82, 2.24) is 15.4 Å². The molecule has 2 aromatic heterocycles. The highest BCUT2D eigenvalue weighted by Crippen LogP contribution is 2.34. The van der Waals surface area contributed by atoms with Gasteiger partial charge in [-0.05, 0) is 66.8 Å². The summed E-state index contributed by atoms with van der Waals surface area (Å²) in [7, 11) is -3.88. The van der Waals surface area contributed by atoms with Gasteiger partial charge < -0.3 is 9.73 Å². The molecule has 0 saturated carbocycles. The second kappa shape index (κ2) is 10.8. The first-order chi connectivity index (χ1) is 17.6. The Morgan fingerprint density at radius 2 is 1.68 bits per heavy atom. The summed E-state index contributed by atoms with van der Waals surface area (Å²) in [5.74, 6) is 0.708. The second-order valence-corrected chi connectivity index (χ2v) is 9.36. The summed E-state index contributed by atoms with van der Waals surface area (Å²) in [5.41, 5.74) is 1.96. The van der Waals surface area contributed by atoms with E-state index in [1.54, 1.807) is 30.3 Å². The molecule has 0 spiro atoms. The van der Waals surface area contributed by atoms with Crippen molar-refractivity contribution in [3.8, 4) is 11.3 Å². The molecule has 3 N–H and O–H groups in total. The zero-order valence-corrected chi connectivity index (χ0v) is 20.2. The predicted octanol–water partition coefficient (Wildman–Crippen LogP) is 4.88. The van der Waals surface area contributed by atoms with Crippen molar-refractivity contribution in [2.24, 2.45) is 5.10 Å². The Hall–Kier alpha value is -4.30. The molecule has 0 aliphatic heterocycles. The molecule has 0 bridgehead atoms. The summed E-state index contributed by atoms with van der Waals surface area (Å²) in [6.45, 7) is 0. The van der Waals surface area contributed by atoms with Crippen LogP contribution in [-0.2, 0) is 16.2 Å². The van der Waals surface area contributed by atoms with Gasteiger partial charge in [-0.3, -0.25) is 5.43 Å². The normalized spacial score (nSPS) is 11.9. The number of benzene rings is 2. The van der Waals surface area contributed by atoms with Crippen molar-refractivity contribution in [3.63, 3.8) is 0 Å². The number of alkyl halides is 3. The zero-order valence-electron chi connectivity index (χ0n) is 18.6. The molecule has 37 heavy (non-hydrogen) atoms. The minimum atomic E-state index is -4.54. The highest BCUT2D eigenvalue weighted by atomic mass is 32.2. The Kier molecular flexibility index (Phi) is 7.50. The highest BCUT2D eigenvalue weighted by molar-refractivity contribution is 7.92. The van der Waals surface area contributed by atoms with Gasteiger partial charge in [0.2, 0.25) is 5.95 Å². The number of halogens is 3. The van der Waals surface area contributed by atoms with Gasteiger partial charge in [0, 0.05) is 18.0 Å². The Morgan fingerprint density at radius 1 is 0.973 bits per heavy atom. The maximum atomic E-state index is 13.1. The van der Waals surface area contributed by atoms with E-state index >= 15 is 0 Å². The van der Waals surface area contributed by atoms with Gasteiger partial charge in [0.1, 0.15) is 11.5 Å². The van der Waals surface area contributed by atoms with Crippen LogP contribution >= 0.6 is 12.2 Å². The van der Waals surface area contributed by atoms with Gasteiger partial charge in [-0.25, -0.2) is 23.1 Å². The van der Waals surface area contributed by atoms with Crippen LogP contribution in [0.5, 0.6) is 0 Å². The molecule has 0 aliphatic carbocycles. The average molecular weight is 547 g/mol. The van der Waals surface area contributed by atoms with Crippen LogP contribution in [0.15, 0.2) is 93.5 Å². The molecule has 4 aromatic rings. The van der Waals surface area contributed by atoms with Gasteiger partial charge >= 0.3 is 6.18 Å². The number of aromatic nitrogens is 2. The van der Waals surface area contributed by atoms with Crippen molar-refractivity contribution >= 4 is 45.2 Å². The second-order valence-electron chi connectivity index (χ2n) is 7.27. The van der Waals surface area contributed by atoms with E-state index in [0.717, 1.165) is 6.07 Å². The summed E-state index contributed by atoms with van der Waals surface area (Å²) in [4.78, 5) is 7.68. The first kappa shape index (κ1) is 25.8. The Balaban J connectivity index is 1.37. The molecule has 0 atom stereocenters. The van der Waals surface area contributed by atoms with Crippen LogP contribution in [0.25, 0.3) is 11.3 Å². The number of sulfonamides is 1. The molecule has 14 heteroatoms. The molecule has 0 amide bonds. The lowest BCUT2D eigenvalue weighted by Crippen LogP contribution is -2.25. The monoisotopic (exact) mass is 546 g/mol. The summed E-state index contributed by atoms with van der Waals surface area (Å²) in [5, 5.41) is 6.18. The molecular weight excluding hydrogens is 529 g/mol. The van der Waals surface area contributed by atoms with Crippen LogP contribution in [0.3, 0.4) is 0 Å².